The first-order valence-corrected chi connectivity index (χ1v) is 7.22. The van der Waals surface area contributed by atoms with Crippen molar-refractivity contribution in [3.05, 3.63) is 82.9 Å². The molecule has 0 N–H and O–H groups in total. The maximum atomic E-state index is 12.9. The number of fused-ring (bicyclic) bond motifs is 2. The number of hydrogen-bond acceptors (Lipinski definition) is 2. The number of rotatable bonds is 1. The van der Waals surface area contributed by atoms with E-state index in [0.29, 0.717) is 11.2 Å². The van der Waals surface area contributed by atoms with Gasteiger partial charge in [-0.3, -0.25) is 9.36 Å². The van der Waals surface area contributed by atoms with E-state index in [4.69, 9.17) is 0 Å². The maximum absolute atomic E-state index is 12.9. The summed E-state index contributed by atoms with van der Waals surface area (Å²) in [5, 5.41) is 2.80. The quantitative estimate of drug-likeness (QED) is 0.524. The van der Waals surface area contributed by atoms with Crippen LogP contribution < -0.4 is 5.56 Å². The lowest BCUT2D eigenvalue weighted by Crippen LogP contribution is -2.22. The van der Waals surface area contributed by atoms with E-state index in [1.807, 2.05) is 73.7 Å². The zero-order valence-electron chi connectivity index (χ0n) is 12.6. The normalized spacial score (nSPS) is 10.7. The van der Waals surface area contributed by atoms with Crippen LogP contribution in [0.25, 0.3) is 27.4 Å². The highest BCUT2D eigenvalue weighted by molar-refractivity contribution is 5.90. The topological polar surface area (TPSA) is 34.9 Å². The molecule has 1 aromatic heterocycles. The van der Waals surface area contributed by atoms with Gasteiger partial charge < -0.3 is 0 Å². The Hall–Kier alpha value is -2.65. The first-order chi connectivity index (χ1) is 10.8. The van der Waals surface area contributed by atoms with Crippen molar-refractivity contribution in [2.24, 2.45) is 0 Å². The number of aryl methyl sites for hydroxylation is 1. The van der Waals surface area contributed by atoms with E-state index < -0.39 is 0 Å². The molecule has 3 aromatic carbocycles. The fourth-order valence-electron chi connectivity index (χ4n) is 2.93. The van der Waals surface area contributed by atoms with Crippen LogP contribution >= 0.6 is 12.4 Å². The Morgan fingerprint density at radius 2 is 1.48 bits per heavy atom. The summed E-state index contributed by atoms with van der Waals surface area (Å²) in [5.41, 5.74) is 1.58. The van der Waals surface area contributed by atoms with Crippen molar-refractivity contribution in [2.45, 2.75) is 6.92 Å². The third-order valence-corrected chi connectivity index (χ3v) is 3.95. The minimum absolute atomic E-state index is 0. The predicted octanol–water partition coefficient (Wildman–Crippen LogP) is 4.27. The summed E-state index contributed by atoms with van der Waals surface area (Å²) in [6.07, 6.45) is 0. The third kappa shape index (κ3) is 2.39. The standard InChI is InChI=1S/C19H14N2O.ClH/c1-13-20-17-11-5-4-10-16(17)19(22)21(13)18-12-6-8-14-7-2-3-9-15(14)18;/h2-12H,1H3;1H. The largest absolute Gasteiger partial charge is 0.268 e. The highest BCUT2D eigenvalue weighted by atomic mass is 35.5. The van der Waals surface area contributed by atoms with Crippen LogP contribution in [-0.4, -0.2) is 9.55 Å². The van der Waals surface area contributed by atoms with Crippen LogP contribution in [0.4, 0.5) is 0 Å². The lowest BCUT2D eigenvalue weighted by Gasteiger charge is -2.13. The number of benzene rings is 3. The zero-order valence-corrected chi connectivity index (χ0v) is 13.4. The van der Waals surface area contributed by atoms with Crippen LogP contribution in [0.15, 0.2) is 71.5 Å². The molecular weight excluding hydrogens is 308 g/mol. The molecule has 0 unspecified atom stereocenters. The van der Waals surface area contributed by atoms with E-state index in [0.717, 1.165) is 22.0 Å². The van der Waals surface area contributed by atoms with Crippen LogP contribution in [-0.2, 0) is 0 Å². The third-order valence-electron chi connectivity index (χ3n) is 3.95. The molecule has 4 rings (SSSR count). The highest BCUT2D eigenvalue weighted by Crippen LogP contribution is 2.22. The van der Waals surface area contributed by atoms with Gasteiger partial charge in [-0.05, 0) is 30.5 Å². The van der Waals surface area contributed by atoms with Gasteiger partial charge in [-0.2, -0.15) is 0 Å². The SMILES string of the molecule is Cc1nc2ccccc2c(=O)n1-c1cccc2ccccc12.Cl. The van der Waals surface area contributed by atoms with E-state index in [9.17, 15) is 4.79 Å². The second kappa shape index (κ2) is 5.86. The number of nitrogens with zero attached hydrogens (tertiary/aromatic N) is 2. The minimum atomic E-state index is -0.0283. The summed E-state index contributed by atoms with van der Waals surface area (Å²) in [6.45, 7) is 1.87. The van der Waals surface area contributed by atoms with Crippen molar-refractivity contribution in [1.82, 2.24) is 9.55 Å². The number of hydrogen-bond donors (Lipinski definition) is 0. The maximum Gasteiger partial charge on any atom is 0.265 e. The summed E-state index contributed by atoms with van der Waals surface area (Å²) < 4.78 is 1.70. The molecule has 0 fully saturated rings. The van der Waals surface area contributed by atoms with Gasteiger partial charge in [0.1, 0.15) is 5.82 Å². The highest BCUT2D eigenvalue weighted by Gasteiger charge is 2.11. The van der Waals surface area contributed by atoms with E-state index in [-0.39, 0.29) is 18.0 Å². The number of aromatic nitrogens is 2. The van der Waals surface area contributed by atoms with Crippen LogP contribution in [0.1, 0.15) is 5.82 Å². The predicted molar refractivity (Wildman–Crippen MR) is 96.8 cm³/mol. The van der Waals surface area contributed by atoms with Crippen molar-refractivity contribution >= 4 is 34.1 Å². The molecule has 4 aromatic rings. The fourth-order valence-corrected chi connectivity index (χ4v) is 2.93. The summed E-state index contributed by atoms with van der Waals surface area (Å²) in [4.78, 5) is 17.5. The van der Waals surface area contributed by atoms with Crippen LogP contribution in [0, 0.1) is 6.92 Å². The summed E-state index contributed by atoms with van der Waals surface area (Å²) >= 11 is 0. The van der Waals surface area contributed by atoms with Gasteiger partial charge in [-0.1, -0.05) is 48.5 Å². The van der Waals surface area contributed by atoms with Gasteiger partial charge in [0.2, 0.25) is 0 Å². The van der Waals surface area contributed by atoms with Crippen molar-refractivity contribution in [1.29, 1.82) is 0 Å². The van der Waals surface area contributed by atoms with Gasteiger partial charge >= 0.3 is 0 Å². The van der Waals surface area contributed by atoms with Crippen LogP contribution in [0.3, 0.4) is 0 Å². The first kappa shape index (κ1) is 15.3. The molecule has 0 aliphatic carbocycles. The molecule has 0 aliphatic rings. The number of para-hydroxylation sites is 1. The molecule has 0 saturated carbocycles. The molecule has 3 nitrogen and oxygen atoms in total. The molecule has 23 heavy (non-hydrogen) atoms. The lowest BCUT2D eigenvalue weighted by atomic mass is 10.1. The molecule has 1 heterocycles. The fraction of sp³-hybridized carbons (Fsp3) is 0.0526. The smallest absolute Gasteiger partial charge is 0.265 e. The Kier molecular flexibility index (Phi) is 3.89. The molecule has 4 heteroatoms. The molecule has 0 saturated heterocycles. The van der Waals surface area contributed by atoms with Crippen molar-refractivity contribution < 1.29 is 0 Å². The average molecular weight is 323 g/mol. The van der Waals surface area contributed by atoms with Gasteiger partial charge in [-0.15, -0.1) is 12.4 Å². The van der Waals surface area contributed by atoms with Crippen LogP contribution in [0.5, 0.6) is 0 Å². The number of halogens is 1. The lowest BCUT2D eigenvalue weighted by molar-refractivity contribution is 0.901. The van der Waals surface area contributed by atoms with Gasteiger partial charge in [0.05, 0.1) is 16.6 Å². The molecule has 0 radical (unpaired) electrons. The Morgan fingerprint density at radius 3 is 2.30 bits per heavy atom. The monoisotopic (exact) mass is 322 g/mol. The Morgan fingerprint density at radius 1 is 0.826 bits per heavy atom. The van der Waals surface area contributed by atoms with Crippen molar-refractivity contribution in [3.63, 3.8) is 0 Å². The van der Waals surface area contributed by atoms with E-state index in [1.54, 1.807) is 4.57 Å². The van der Waals surface area contributed by atoms with Gasteiger partial charge in [0.25, 0.3) is 5.56 Å². The Balaban J connectivity index is 0.00000156. The molecule has 0 aliphatic heterocycles. The summed E-state index contributed by atoms with van der Waals surface area (Å²) in [7, 11) is 0. The van der Waals surface area contributed by atoms with E-state index >= 15 is 0 Å². The second-order valence-corrected chi connectivity index (χ2v) is 5.32. The van der Waals surface area contributed by atoms with Crippen LogP contribution in [0.2, 0.25) is 0 Å². The molecular formula is C19H15ClN2O. The zero-order chi connectivity index (χ0) is 15.1. The van der Waals surface area contributed by atoms with Gasteiger partial charge in [-0.25, -0.2) is 4.98 Å². The summed E-state index contributed by atoms with van der Waals surface area (Å²) in [6, 6.07) is 21.5. The summed E-state index contributed by atoms with van der Waals surface area (Å²) in [5.74, 6) is 0.694. The molecule has 114 valence electrons. The second-order valence-electron chi connectivity index (χ2n) is 5.32. The Labute approximate surface area is 139 Å². The van der Waals surface area contributed by atoms with Crippen molar-refractivity contribution in [2.75, 3.05) is 0 Å². The van der Waals surface area contributed by atoms with Gasteiger partial charge in [0, 0.05) is 5.39 Å². The Bertz CT molecular complexity index is 1060. The molecule has 0 spiro atoms. The van der Waals surface area contributed by atoms with E-state index in [2.05, 4.69) is 4.98 Å². The molecule has 0 atom stereocenters. The van der Waals surface area contributed by atoms with E-state index in [1.165, 1.54) is 0 Å². The first-order valence-electron chi connectivity index (χ1n) is 7.22. The molecule has 0 bridgehead atoms. The van der Waals surface area contributed by atoms with Crippen molar-refractivity contribution in [3.8, 4) is 5.69 Å². The average Bonchev–Trinajstić information content (AvgIpc) is 2.55. The molecule has 0 amide bonds. The minimum Gasteiger partial charge on any atom is -0.268 e. The van der Waals surface area contributed by atoms with Gasteiger partial charge in [0.15, 0.2) is 0 Å².